The minimum Gasteiger partial charge on any atom is -0.304 e. The molecule has 3 fully saturated rings. The molecule has 2 bridgehead atoms. The van der Waals surface area contributed by atoms with E-state index in [-0.39, 0.29) is 22.3 Å². The van der Waals surface area contributed by atoms with Crippen molar-refractivity contribution in [1.29, 1.82) is 0 Å². The molecule has 22 heavy (non-hydrogen) atoms. The number of hydrogen-bond acceptors (Lipinski definition) is 4. The highest BCUT2D eigenvalue weighted by Crippen LogP contribution is 2.65. The molecule has 0 aromatic carbocycles. The number of likely N-dealkylation sites (N-methyl/N-ethyl adjacent to an activating group) is 1. The van der Waals surface area contributed by atoms with Crippen LogP contribution in [0.1, 0.15) is 26.7 Å². The molecular formula is C15H25BrN2O3S. The first-order valence-corrected chi connectivity index (χ1v) is 10.5. The maximum atomic E-state index is 12.9. The van der Waals surface area contributed by atoms with Crippen LogP contribution < -0.4 is 0 Å². The summed E-state index contributed by atoms with van der Waals surface area (Å²) in [7, 11) is -1.31. The Hall–Kier alpha value is 0.0200. The Bertz CT molecular complexity index is 588. The van der Waals surface area contributed by atoms with E-state index in [2.05, 4.69) is 20.8 Å². The molecule has 1 aliphatic heterocycles. The molecule has 126 valence electrons. The summed E-state index contributed by atoms with van der Waals surface area (Å²) in [5.74, 6) is 0.422. The quantitative estimate of drug-likeness (QED) is 0.679. The second-order valence-electron chi connectivity index (χ2n) is 7.62. The van der Waals surface area contributed by atoms with E-state index in [9.17, 15) is 13.2 Å². The third-order valence-electron chi connectivity index (χ3n) is 6.52. The number of halogens is 1. The fourth-order valence-electron chi connectivity index (χ4n) is 4.62. The molecule has 5 nitrogen and oxygen atoms in total. The Labute approximate surface area is 141 Å². The largest absolute Gasteiger partial charge is 0.304 e. The Morgan fingerprint density at radius 2 is 1.82 bits per heavy atom. The molecule has 0 aromatic heterocycles. The second-order valence-corrected chi connectivity index (χ2v) is 10.6. The van der Waals surface area contributed by atoms with E-state index in [0.29, 0.717) is 13.1 Å². The molecule has 3 aliphatic rings. The molecule has 0 spiro atoms. The molecule has 0 aromatic rings. The van der Waals surface area contributed by atoms with Crippen molar-refractivity contribution in [3.63, 3.8) is 0 Å². The van der Waals surface area contributed by atoms with Crippen LogP contribution in [-0.2, 0) is 14.8 Å². The third-order valence-corrected chi connectivity index (χ3v) is 9.69. The fourth-order valence-corrected chi connectivity index (χ4v) is 8.17. The van der Waals surface area contributed by atoms with Crippen molar-refractivity contribution >= 4 is 31.7 Å². The molecule has 1 heterocycles. The van der Waals surface area contributed by atoms with Crippen molar-refractivity contribution in [2.45, 2.75) is 31.5 Å². The van der Waals surface area contributed by atoms with Crippen LogP contribution in [0.25, 0.3) is 0 Å². The molecular weight excluding hydrogens is 368 g/mol. The lowest BCUT2D eigenvalue weighted by atomic mass is 9.70. The van der Waals surface area contributed by atoms with Crippen molar-refractivity contribution in [1.82, 2.24) is 9.21 Å². The van der Waals surface area contributed by atoms with E-state index >= 15 is 0 Å². The predicted octanol–water partition coefficient (Wildman–Crippen LogP) is 1.33. The lowest BCUT2D eigenvalue weighted by Gasteiger charge is -2.39. The number of carbonyl (C=O) groups is 1. The highest BCUT2D eigenvalue weighted by molar-refractivity contribution is 9.10. The standard InChI is InChI=1S/C15H25BrN2O3S/c1-14-5-4-11(12(16)13(14)19)15(14,2)10-22(20,21)18-8-6-17(3)7-9-18/h11-12H,4-10H2,1-3H3/t11-,12+,14-,15+/m0/s1. The van der Waals surface area contributed by atoms with E-state index in [1.165, 1.54) is 0 Å². The normalized spacial score (nSPS) is 43.9. The van der Waals surface area contributed by atoms with E-state index in [4.69, 9.17) is 0 Å². The minimum atomic E-state index is -3.33. The third kappa shape index (κ3) is 2.23. The minimum absolute atomic E-state index is 0.0960. The SMILES string of the molecule is CN1CCN(S(=O)(=O)C[C@]2(C)[C@H]3CC[C@@]2(C)C(=O)[C@@H]3Br)CC1. The molecule has 7 heteroatoms. The molecule has 0 unspecified atom stereocenters. The average molecular weight is 393 g/mol. The molecule has 0 amide bonds. The number of piperazine rings is 1. The van der Waals surface area contributed by atoms with Gasteiger partial charge in [0.1, 0.15) is 0 Å². The van der Waals surface area contributed by atoms with Gasteiger partial charge in [-0.1, -0.05) is 29.8 Å². The van der Waals surface area contributed by atoms with Crippen molar-refractivity contribution < 1.29 is 13.2 Å². The van der Waals surface area contributed by atoms with Gasteiger partial charge in [-0.05, 0) is 31.2 Å². The lowest BCUT2D eigenvalue weighted by molar-refractivity contribution is -0.127. The van der Waals surface area contributed by atoms with Gasteiger partial charge in [-0.15, -0.1) is 0 Å². The number of rotatable bonds is 3. The molecule has 3 rings (SSSR count). The van der Waals surface area contributed by atoms with E-state index in [1.807, 2.05) is 20.9 Å². The van der Waals surface area contributed by atoms with Crippen LogP contribution in [0, 0.1) is 16.7 Å². The van der Waals surface area contributed by atoms with Gasteiger partial charge in [-0.25, -0.2) is 8.42 Å². The summed E-state index contributed by atoms with van der Waals surface area (Å²) in [6, 6.07) is 0. The average Bonchev–Trinajstić information content (AvgIpc) is 2.75. The van der Waals surface area contributed by atoms with Crippen molar-refractivity contribution in [2.75, 3.05) is 39.0 Å². The van der Waals surface area contributed by atoms with E-state index < -0.39 is 20.9 Å². The lowest BCUT2D eigenvalue weighted by Crippen LogP contribution is -2.51. The predicted molar refractivity (Wildman–Crippen MR) is 89.5 cm³/mol. The molecule has 4 atom stereocenters. The van der Waals surface area contributed by atoms with Gasteiger partial charge in [0.15, 0.2) is 5.78 Å². The Kier molecular flexibility index (Phi) is 4.03. The zero-order valence-corrected chi connectivity index (χ0v) is 15.9. The number of fused-ring (bicyclic) bond motifs is 2. The highest BCUT2D eigenvalue weighted by atomic mass is 79.9. The van der Waals surface area contributed by atoms with Crippen LogP contribution in [0.4, 0.5) is 0 Å². The summed E-state index contributed by atoms with van der Waals surface area (Å²) in [5.41, 5.74) is -0.966. The zero-order valence-electron chi connectivity index (χ0n) is 13.5. The number of alkyl halides is 1. The first-order valence-electron chi connectivity index (χ1n) is 7.97. The highest BCUT2D eigenvalue weighted by Gasteiger charge is 2.68. The van der Waals surface area contributed by atoms with Gasteiger partial charge >= 0.3 is 0 Å². The monoisotopic (exact) mass is 392 g/mol. The van der Waals surface area contributed by atoms with Crippen molar-refractivity contribution in [3.05, 3.63) is 0 Å². The topological polar surface area (TPSA) is 57.7 Å². The van der Waals surface area contributed by atoms with Gasteiger partial charge in [0.05, 0.1) is 10.6 Å². The van der Waals surface area contributed by atoms with Gasteiger partial charge < -0.3 is 4.90 Å². The first-order chi connectivity index (χ1) is 10.1. The van der Waals surface area contributed by atoms with Crippen molar-refractivity contribution in [3.8, 4) is 0 Å². The van der Waals surface area contributed by atoms with E-state index in [1.54, 1.807) is 4.31 Å². The molecule has 0 N–H and O–H groups in total. The van der Waals surface area contributed by atoms with Gasteiger partial charge in [0, 0.05) is 31.6 Å². The summed E-state index contributed by atoms with van der Waals surface area (Å²) in [4.78, 5) is 14.5. The van der Waals surface area contributed by atoms with Gasteiger partial charge in [0.25, 0.3) is 0 Å². The Balaban J connectivity index is 1.85. The molecule has 2 aliphatic carbocycles. The van der Waals surface area contributed by atoms with Gasteiger partial charge in [0.2, 0.25) is 10.0 Å². The molecule has 1 saturated heterocycles. The summed E-state index contributed by atoms with van der Waals surface area (Å²) in [6.07, 6.45) is 1.75. The fraction of sp³-hybridized carbons (Fsp3) is 0.933. The number of nitrogens with zero attached hydrogens (tertiary/aromatic N) is 2. The number of hydrogen-bond donors (Lipinski definition) is 0. The van der Waals surface area contributed by atoms with E-state index in [0.717, 1.165) is 25.9 Å². The van der Waals surface area contributed by atoms with Crippen LogP contribution in [0.3, 0.4) is 0 Å². The number of carbonyl (C=O) groups excluding carboxylic acids is 1. The van der Waals surface area contributed by atoms with Crippen LogP contribution in [0.5, 0.6) is 0 Å². The van der Waals surface area contributed by atoms with Crippen LogP contribution in [0.15, 0.2) is 0 Å². The summed E-state index contributed by atoms with van der Waals surface area (Å²) in [5, 5.41) is 0. The number of ketones is 1. The first kappa shape index (κ1) is 16.9. The summed E-state index contributed by atoms with van der Waals surface area (Å²) in [6.45, 7) is 6.64. The number of sulfonamides is 1. The maximum absolute atomic E-state index is 12.9. The van der Waals surface area contributed by atoms with Gasteiger partial charge in [-0.3, -0.25) is 4.79 Å². The zero-order chi connectivity index (χ0) is 16.3. The Morgan fingerprint density at radius 1 is 1.23 bits per heavy atom. The van der Waals surface area contributed by atoms with Crippen LogP contribution in [0.2, 0.25) is 0 Å². The molecule has 2 saturated carbocycles. The van der Waals surface area contributed by atoms with Gasteiger partial charge in [-0.2, -0.15) is 4.31 Å². The van der Waals surface area contributed by atoms with Crippen LogP contribution in [-0.4, -0.2) is 67.2 Å². The Morgan fingerprint density at radius 3 is 2.32 bits per heavy atom. The summed E-state index contributed by atoms with van der Waals surface area (Å²) < 4.78 is 27.4. The van der Waals surface area contributed by atoms with Crippen LogP contribution >= 0.6 is 15.9 Å². The summed E-state index contributed by atoms with van der Waals surface area (Å²) >= 11 is 3.52. The smallest absolute Gasteiger partial charge is 0.214 e. The van der Waals surface area contributed by atoms with Crippen molar-refractivity contribution in [2.24, 2.45) is 16.7 Å². The number of Topliss-reactive ketones (excluding diaryl/α,β-unsaturated/α-hetero) is 1. The molecule has 0 radical (unpaired) electrons. The maximum Gasteiger partial charge on any atom is 0.214 e. The second kappa shape index (κ2) is 5.26.